The van der Waals surface area contributed by atoms with E-state index in [0.29, 0.717) is 11.2 Å². The van der Waals surface area contributed by atoms with Crippen LogP contribution in [0.2, 0.25) is 0 Å². The van der Waals surface area contributed by atoms with E-state index in [9.17, 15) is 4.79 Å². The summed E-state index contributed by atoms with van der Waals surface area (Å²) in [6, 6.07) is 0. The Kier molecular flexibility index (Phi) is 4.92. The Morgan fingerprint density at radius 3 is 2.70 bits per heavy atom. The number of rotatable bonds is 4. The number of carbonyl (C=O) groups is 1. The molecule has 20 heavy (non-hydrogen) atoms. The summed E-state index contributed by atoms with van der Waals surface area (Å²) in [7, 11) is 0. The lowest BCUT2D eigenvalue weighted by molar-refractivity contribution is -0.126. The fourth-order valence-corrected chi connectivity index (χ4v) is 6.11. The maximum absolute atomic E-state index is 12.4. The van der Waals surface area contributed by atoms with Crippen molar-refractivity contribution in [2.24, 2.45) is 23.5 Å². The molecule has 0 aromatic rings. The van der Waals surface area contributed by atoms with Gasteiger partial charge in [-0.2, -0.15) is 0 Å². The van der Waals surface area contributed by atoms with Gasteiger partial charge in [-0.25, -0.2) is 0 Å². The van der Waals surface area contributed by atoms with Crippen LogP contribution in [0.1, 0.15) is 57.8 Å². The monoisotopic (exact) mass is 296 g/mol. The van der Waals surface area contributed by atoms with Gasteiger partial charge in [0.2, 0.25) is 5.91 Å². The van der Waals surface area contributed by atoms with Gasteiger partial charge in [-0.15, -0.1) is 11.8 Å². The zero-order chi connectivity index (χ0) is 13.9. The first-order valence-corrected chi connectivity index (χ1v) is 9.39. The van der Waals surface area contributed by atoms with Gasteiger partial charge in [0.1, 0.15) is 0 Å². The summed E-state index contributed by atoms with van der Waals surface area (Å²) in [4.78, 5) is 12.4. The van der Waals surface area contributed by atoms with E-state index in [0.717, 1.165) is 18.9 Å². The average molecular weight is 296 g/mol. The lowest BCUT2D eigenvalue weighted by Gasteiger charge is -2.23. The third kappa shape index (κ3) is 3.16. The highest BCUT2D eigenvalue weighted by Gasteiger charge is 2.47. The summed E-state index contributed by atoms with van der Waals surface area (Å²) >= 11 is 1.85. The van der Waals surface area contributed by atoms with Gasteiger partial charge >= 0.3 is 0 Å². The molecule has 3 aliphatic rings. The molecule has 2 saturated carbocycles. The van der Waals surface area contributed by atoms with Crippen molar-refractivity contribution in [3.05, 3.63) is 0 Å². The predicted molar refractivity (Wildman–Crippen MR) is 84.4 cm³/mol. The molecule has 0 bridgehead atoms. The van der Waals surface area contributed by atoms with E-state index in [1.54, 1.807) is 0 Å². The smallest absolute Gasteiger partial charge is 0.225 e. The summed E-state index contributed by atoms with van der Waals surface area (Å²) in [5, 5.41) is 3.86. The number of hydrogen-bond acceptors (Lipinski definition) is 3. The largest absolute Gasteiger partial charge is 0.356 e. The Bertz CT molecular complexity index is 343. The van der Waals surface area contributed by atoms with E-state index >= 15 is 0 Å². The van der Waals surface area contributed by atoms with Crippen molar-refractivity contribution in [1.29, 1.82) is 0 Å². The molecule has 0 spiro atoms. The van der Waals surface area contributed by atoms with E-state index in [1.165, 1.54) is 51.4 Å². The lowest BCUT2D eigenvalue weighted by Crippen LogP contribution is -2.41. The number of carbonyl (C=O) groups excluding carboxylic acids is 1. The molecular formula is C16H28N2OS. The van der Waals surface area contributed by atoms with Crippen LogP contribution in [0.25, 0.3) is 0 Å². The third-order valence-electron chi connectivity index (χ3n) is 5.53. The molecule has 1 saturated heterocycles. The van der Waals surface area contributed by atoms with Gasteiger partial charge in [0, 0.05) is 11.8 Å². The summed E-state index contributed by atoms with van der Waals surface area (Å²) in [5.74, 6) is 1.69. The maximum atomic E-state index is 12.4. The molecule has 1 amide bonds. The summed E-state index contributed by atoms with van der Waals surface area (Å²) in [6.07, 6.45) is 11.8. The maximum Gasteiger partial charge on any atom is 0.225 e. The molecular weight excluding hydrogens is 268 g/mol. The molecule has 4 atom stereocenters. The number of hydrogen-bond donors (Lipinski definition) is 2. The number of thioether (sulfide) groups is 1. The fraction of sp³-hybridized carbons (Fsp3) is 0.938. The van der Waals surface area contributed by atoms with E-state index in [4.69, 9.17) is 5.73 Å². The first kappa shape index (κ1) is 14.7. The minimum Gasteiger partial charge on any atom is -0.356 e. The molecule has 2 aliphatic carbocycles. The van der Waals surface area contributed by atoms with Crippen LogP contribution in [0.5, 0.6) is 0 Å². The Morgan fingerprint density at radius 1 is 1.10 bits per heavy atom. The Balaban J connectivity index is 1.44. The number of nitrogens with one attached hydrogen (secondary N) is 1. The summed E-state index contributed by atoms with van der Waals surface area (Å²) < 4.78 is 0. The van der Waals surface area contributed by atoms with Crippen molar-refractivity contribution in [2.45, 2.75) is 68.4 Å². The van der Waals surface area contributed by atoms with E-state index < -0.39 is 0 Å². The molecule has 1 aliphatic heterocycles. The third-order valence-corrected chi connectivity index (χ3v) is 7.07. The van der Waals surface area contributed by atoms with Gasteiger partial charge in [0.05, 0.1) is 11.3 Å². The van der Waals surface area contributed by atoms with Crippen LogP contribution in [0.15, 0.2) is 0 Å². The molecule has 3 nitrogen and oxygen atoms in total. The van der Waals surface area contributed by atoms with Crippen molar-refractivity contribution in [3.63, 3.8) is 0 Å². The predicted octanol–water partition coefficient (Wildman–Crippen LogP) is 2.89. The molecule has 0 aromatic carbocycles. The molecule has 4 heteroatoms. The van der Waals surface area contributed by atoms with Gasteiger partial charge in [-0.05, 0) is 31.1 Å². The lowest BCUT2D eigenvalue weighted by atomic mass is 9.87. The average Bonchev–Trinajstić information content (AvgIpc) is 2.99. The summed E-state index contributed by atoms with van der Waals surface area (Å²) in [5.41, 5.74) is 6.19. The highest BCUT2D eigenvalue weighted by molar-refractivity contribution is 8.00. The Labute approximate surface area is 126 Å². The molecule has 3 N–H and O–H groups in total. The van der Waals surface area contributed by atoms with E-state index in [2.05, 4.69) is 5.32 Å². The molecule has 4 unspecified atom stereocenters. The van der Waals surface area contributed by atoms with E-state index in [1.807, 2.05) is 11.8 Å². The van der Waals surface area contributed by atoms with Crippen LogP contribution in [0.4, 0.5) is 0 Å². The highest BCUT2D eigenvalue weighted by atomic mass is 32.2. The van der Waals surface area contributed by atoms with Crippen LogP contribution >= 0.6 is 11.8 Å². The van der Waals surface area contributed by atoms with Crippen molar-refractivity contribution < 1.29 is 4.79 Å². The van der Waals surface area contributed by atoms with Crippen LogP contribution in [-0.2, 0) is 4.79 Å². The van der Waals surface area contributed by atoms with Gasteiger partial charge in [-0.3, -0.25) is 4.79 Å². The second-order valence-electron chi connectivity index (χ2n) is 6.84. The Morgan fingerprint density at radius 2 is 1.90 bits per heavy atom. The van der Waals surface area contributed by atoms with Crippen LogP contribution in [0.3, 0.4) is 0 Å². The quantitative estimate of drug-likeness (QED) is 0.838. The molecule has 3 rings (SSSR count). The topological polar surface area (TPSA) is 55.1 Å². The first-order chi connectivity index (χ1) is 9.75. The van der Waals surface area contributed by atoms with Gasteiger partial charge in [-0.1, -0.05) is 38.5 Å². The fourth-order valence-electron chi connectivity index (χ4n) is 4.40. The van der Waals surface area contributed by atoms with Crippen molar-refractivity contribution in [1.82, 2.24) is 5.32 Å². The molecule has 0 radical (unpaired) electrons. The van der Waals surface area contributed by atoms with Crippen molar-refractivity contribution in [2.75, 3.05) is 6.54 Å². The molecule has 1 heterocycles. The van der Waals surface area contributed by atoms with Crippen LogP contribution in [0, 0.1) is 17.8 Å². The number of amides is 1. The van der Waals surface area contributed by atoms with Gasteiger partial charge in [0.15, 0.2) is 0 Å². The van der Waals surface area contributed by atoms with Crippen molar-refractivity contribution in [3.8, 4) is 0 Å². The molecule has 114 valence electrons. The van der Waals surface area contributed by atoms with Gasteiger partial charge < -0.3 is 11.1 Å². The first-order valence-electron chi connectivity index (χ1n) is 8.44. The zero-order valence-electron chi connectivity index (χ0n) is 12.4. The standard InChI is InChI=1S/C16H28N2OS/c17-15-14(12-7-4-8-13(12)20-15)16(19)18-10-9-11-5-2-1-3-6-11/h11-15H,1-10,17H2,(H,18,19). The zero-order valence-corrected chi connectivity index (χ0v) is 13.2. The minimum atomic E-state index is 0.0278. The number of nitrogens with two attached hydrogens (primary N) is 1. The van der Waals surface area contributed by atoms with Gasteiger partial charge in [0.25, 0.3) is 0 Å². The minimum absolute atomic E-state index is 0.0278. The SMILES string of the molecule is NC1SC2CCCC2C1C(=O)NCCC1CCCCC1. The second-order valence-corrected chi connectivity index (χ2v) is 8.27. The molecule has 0 aromatic heterocycles. The Hall–Kier alpha value is -0.220. The number of fused-ring (bicyclic) bond motifs is 1. The summed E-state index contributed by atoms with van der Waals surface area (Å²) in [6.45, 7) is 0.856. The normalized spacial score (nSPS) is 37.9. The van der Waals surface area contributed by atoms with Crippen LogP contribution < -0.4 is 11.1 Å². The van der Waals surface area contributed by atoms with Crippen molar-refractivity contribution >= 4 is 17.7 Å². The van der Waals surface area contributed by atoms with E-state index in [-0.39, 0.29) is 17.2 Å². The van der Waals surface area contributed by atoms with Crippen LogP contribution in [-0.4, -0.2) is 23.1 Å². The molecule has 3 fully saturated rings. The second kappa shape index (κ2) is 6.69. The highest BCUT2D eigenvalue weighted by Crippen LogP contribution is 2.49.